The summed E-state index contributed by atoms with van der Waals surface area (Å²) in [6.07, 6.45) is 3.02. The van der Waals surface area contributed by atoms with Crippen LogP contribution in [0.4, 0.5) is 5.00 Å². The zero-order valence-electron chi connectivity index (χ0n) is 17.7. The molecule has 0 radical (unpaired) electrons. The van der Waals surface area contributed by atoms with E-state index in [9.17, 15) is 0 Å². The van der Waals surface area contributed by atoms with E-state index in [1.165, 1.54) is 5.00 Å². The second kappa shape index (κ2) is 12.0. The first-order chi connectivity index (χ1) is 14.7. The Bertz CT molecular complexity index is 857. The maximum Gasteiger partial charge on any atom is 0.191 e. The zero-order chi connectivity index (χ0) is 20.8. The van der Waals surface area contributed by atoms with Crippen LogP contribution in [0, 0.1) is 0 Å². The fourth-order valence-corrected chi connectivity index (χ4v) is 4.89. The highest BCUT2D eigenvalue weighted by Gasteiger charge is 2.21. The van der Waals surface area contributed by atoms with E-state index in [1.54, 1.807) is 0 Å². The number of piperidine rings is 1. The Labute approximate surface area is 210 Å². The van der Waals surface area contributed by atoms with Crippen molar-refractivity contribution in [2.75, 3.05) is 44.3 Å². The number of ether oxygens (including phenoxy) is 2. The SMILES string of the molecule is CCNC(=NCCc1cc(Cl)c2c(c1)OCCO2)NC1CCN(c2cccs2)CC1.I. The molecule has 0 unspecified atom stereocenters. The molecule has 6 nitrogen and oxygen atoms in total. The summed E-state index contributed by atoms with van der Waals surface area (Å²) in [5.41, 5.74) is 1.10. The molecule has 0 aliphatic carbocycles. The fraction of sp³-hybridized carbons (Fsp3) is 0.500. The third-order valence-corrected chi connectivity index (χ3v) is 6.53. The molecule has 0 saturated carbocycles. The summed E-state index contributed by atoms with van der Waals surface area (Å²) >= 11 is 8.16. The number of benzene rings is 1. The average molecular weight is 577 g/mol. The highest BCUT2D eigenvalue weighted by molar-refractivity contribution is 14.0. The van der Waals surface area contributed by atoms with Crippen LogP contribution in [0.25, 0.3) is 0 Å². The summed E-state index contributed by atoms with van der Waals surface area (Å²) in [4.78, 5) is 7.25. The molecule has 1 aromatic carbocycles. The normalized spacial score (nSPS) is 16.6. The van der Waals surface area contributed by atoms with Crippen LogP contribution in [0.1, 0.15) is 25.3 Å². The van der Waals surface area contributed by atoms with E-state index >= 15 is 0 Å². The van der Waals surface area contributed by atoms with Crippen molar-refractivity contribution in [3.05, 3.63) is 40.2 Å². The van der Waals surface area contributed by atoms with Crippen LogP contribution in [0.15, 0.2) is 34.6 Å². The number of hydrogen-bond acceptors (Lipinski definition) is 5. The number of nitrogens with zero attached hydrogens (tertiary/aromatic N) is 2. The molecule has 2 aromatic rings. The molecule has 1 saturated heterocycles. The van der Waals surface area contributed by atoms with E-state index in [1.807, 2.05) is 23.5 Å². The van der Waals surface area contributed by atoms with Gasteiger partial charge in [0.05, 0.1) is 10.0 Å². The van der Waals surface area contributed by atoms with Gasteiger partial charge in [0.15, 0.2) is 17.5 Å². The van der Waals surface area contributed by atoms with Crippen molar-refractivity contribution in [3.8, 4) is 11.5 Å². The summed E-state index contributed by atoms with van der Waals surface area (Å²) in [5, 5.41) is 11.1. The first-order valence-corrected chi connectivity index (χ1v) is 11.9. The van der Waals surface area contributed by atoms with Gasteiger partial charge in [0.2, 0.25) is 0 Å². The molecule has 31 heavy (non-hydrogen) atoms. The van der Waals surface area contributed by atoms with Crippen LogP contribution in [-0.4, -0.2) is 51.4 Å². The van der Waals surface area contributed by atoms with Crippen molar-refractivity contribution in [1.29, 1.82) is 0 Å². The Morgan fingerprint density at radius 1 is 1.26 bits per heavy atom. The van der Waals surface area contributed by atoms with E-state index in [2.05, 4.69) is 40.0 Å². The Balaban J connectivity index is 0.00000272. The fourth-order valence-electron chi connectivity index (χ4n) is 3.81. The van der Waals surface area contributed by atoms with Gasteiger partial charge >= 0.3 is 0 Å². The number of fused-ring (bicyclic) bond motifs is 1. The lowest BCUT2D eigenvalue weighted by Crippen LogP contribution is -2.48. The number of aliphatic imine (C=N–C) groups is 1. The Hall–Kier alpha value is -1.39. The molecule has 2 aliphatic heterocycles. The predicted molar refractivity (Wildman–Crippen MR) is 140 cm³/mol. The van der Waals surface area contributed by atoms with Crippen molar-refractivity contribution >= 4 is 57.9 Å². The maximum atomic E-state index is 6.35. The Morgan fingerprint density at radius 3 is 2.81 bits per heavy atom. The van der Waals surface area contributed by atoms with Crippen LogP contribution in [0.2, 0.25) is 5.02 Å². The summed E-state index contributed by atoms with van der Waals surface area (Å²) in [5.74, 6) is 2.27. The third kappa shape index (κ3) is 6.55. The van der Waals surface area contributed by atoms with E-state index < -0.39 is 0 Å². The largest absolute Gasteiger partial charge is 0.486 e. The maximum absolute atomic E-state index is 6.35. The highest BCUT2D eigenvalue weighted by Crippen LogP contribution is 2.38. The average Bonchev–Trinajstić information content (AvgIpc) is 3.29. The molecular weight excluding hydrogens is 547 g/mol. The van der Waals surface area contributed by atoms with Gasteiger partial charge in [0, 0.05) is 32.2 Å². The van der Waals surface area contributed by atoms with Gasteiger partial charge in [-0.2, -0.15) is 0 Å². The molecule has 9 heteroatoms. The van der Waals surface area contributed by atoms with Gasteiger partial charge in [-0.1, -0.05) is 11.6 Å². The van der Waals surface area contributed by atoms with E-state index in [0.29, 0.717) is 36.6 Å². The van der Waals surface area contributed by atoms with Crippen molar-refractivity contribution in [1.82, 2.24) is 10.6 Å². The molecule has 0 spiro atoms. The minimum absolute atomic E-state index is 0. The van der Waals surface area contributed by atoms with E-state index in [0.717, 1.165) is 56.2 Å². The lowest BCUT2D eigenvalue weighted by Gasteiger charge is -2.33. The monoisotopic (exact) mass is 576 g/mol. The molecule has 3 heterocycles. The summed E-state index contributed by atoms with van der Waals surface area (Å²) < 4.78 is 11.3. The number of halogens is 2. The molecular formula is C22H30ClIN4O2S. The number of thiophene rings is 1. The molecule has 2 N–H and O–H groups in total. The van der Waals surface area contributed by atoms with Crippen molar-refractivity contribution in [3.63, 3.8) is 0 Å². The quantitative estimate of drug-likeness (QED) is 0.300. The predicted octanol–water partition coefficient (Wildman–Crippen LogP) is 4.56. The molecule has 2 aliphatic rings. The molecule has 1 fully saturated rings. The summed E-state index contributed by atoms with van der Waals surface area (Å²) in [7, 11) is 0. The van der Waals surface area contributed by atoms with Crippen LogP contribution in [0.5, 0.6) is 11.5 Å². The first kappa shape index (κ1) is 24.3. The van der Waals surface area contributed by atoms with Crippen LogP contribution in [0.3, 0.4) is 0 Å². The molecule has 0 bridgehead atoms. The molecule has 0 atom stereocenters. The topological polar surface area (TPSA) is 58.1 Å². The standard InChI is InChI=1S/C22H29ClN4O2S.HI/c1-2-24-22(26-17-6-9-27(10-7-17)20-4-3-13-30-20)25-8-5-16-14-18(23)21-19(15-16)28-11-12-29-21;/h3-4,13-15,17H,2,5-12H2,1H3,(H2,24,25,26);1H. The highest BCUT2D eigenvalue weighted by atomic mass is 127. The number of rotatable bonds is 6. The van der Waals surface area contributed by atoms with Gasteiger partial charge in [0.1, 0.15) is 13.2 Å². The molecule has 4 rings (SSSR count). The van der Waals surface area contributed by atoms with E-state index in [4.69, 9.17) is 26.1 Å². The lowest BCUT2D eigenvalue weighted by atomic mass is 10.1. The second-order valence-corrected chi connectivity index (χ2v) is 8.80. The van der Waals surface area contributed by atoms with Crippen molar-refractivity contribution in [2.24, 2.45) is 4.99 Å². The van der Waals surface area contributed by atoms with E-state index in [-0.39, 0.29) is 24.0 Å². The summed E-state index contributed by atoms with van der Waals surface area (Å²) in [6, 6.07) is 8.73. The number of nitrogens with one attached hydrogen (secondary N) is 2. The first-order valence-electron chi connectivity index (χ1n) is 10.6. The van der Waals surface area contributed by atoms with Crippen LogP contribution < -0.4 is 25.0 Å². The van der Waals surface area contributed by atoms with Crippen LogP contribution in [-0.2, 0) is 6.42 Å². The molecule has 1 aromatic heterocycles. The van der Waals surface area contributed by atoms with Crippen LogP contribution >= 0.6 is 46.9 Å². The van der Waals surface area contributed by atoms with Crippen molar-refractivity contribution in [2.45, 2.75) is 32.2 Å². The van der Waals surface area contributed by atoms with Gasteiger partial charge in [-0.15, -0.1) is 35.3 Å². The minimum atomic E-state index is 0. The Kier molecular flexibility index (Phi) is 9.40. The van der Waals surface area contributed by atoms with Gasteiger partial charge in [0.25, 0.3) is 0 Å². The smallest absolute Gasteiger partial charge is 0.191 e. The van der Waals surface area contributed by atoms with Crippen molar-refractivity contribution < 1.29 is 9.47 Å². The molecule has 0 amide bonds. The third-order valence-electron chi connectivity index (χ3n) is 5.32. The number of anilines is 1. The Morgan fingerprint density at radius 2 is 2.06 bits per heavy atom. The minimum Gasteiger partial charge on any atom is -0.486 e. The van der Waals surface area contributed by atoms with Gasteiger partial charge in [-0.3, -0.25) is 4.99 Å². The molecule has 170 valence electrons. The van der Waals surface area contributed by atoms with Gasteiger partial charge in [-0.25, -0.2) is 0 Å². The van der Waals surface area contributed by atoms with Gasteiger partial charge in [-0.05, 0) is 61.4 Å². The second-order valence-electron chi connectivity index (χ2n) is 7.47. The number of guanidine groups is 1. The van der Waals surface area contributed by atoms with Gasteiger partial charge < -0.3 is 25.0 Å². The number of hydrogen-bond donors (Lipinski definition) is 2. The lowest BCUT2D eigenvalue weighted by molar-refractivity contribution is 0.171. The summed E-state index contributed by atoms with van der Waals surface area (Å²) in [6.45, 7) is 6.87. The zero-order valence-corrected chi connectivity index (χ0v) is 21.6.